The van der Waals surface area contributed by atoms with Crippen LogP contribution < -0.4 is 11.2 Å². The lowest BCUT2D eigenvalue weighted by atomic mass is 10.2. The zero-order valence-electron chi connectivity index (χ0n) is 14.5. The van der Waals surface area contributed by atoms with Crippen molar-refractivity contribution in [3.63, 3.8) is 0 Å². The van der Waals surface area contributed by atoms with E-state index in [9.17, 15) is 28.2 Å². The highest BCUT2D eigenvalue weighted by molar-refractivity contribution is 7.91. The zero-order chi connectivity index (χ0) is 19.8. The number of ether oxygens (including phenoxy) is 1. The number of aliphatic hydroxyl groups excluding tert-OH is 2. The van der Waals surface area contributed by atoms with Gasteiger partial charge in [-0.15, -0.1) is 0 Å². The molecule has 2 heterocycles. The topological polar surface area (TPSA) is 139 Å². The van der Waals surface area contributed by atoms with E-state index in [-0.39, 0.29) is 5.56 Å². The molecular weight excluding hydrogens is 376 g/mol. The lowest BCUT2D eigenvalue weighted by Gasteiger charge is -2.30. The van der Waals surface area contributed by atoms with E-state index >= 15 is 0 Å². The van der Waals surface area contributed by atoms with Crippen LogP contribution in [-0.4, -0.2) is 47.0 Å². The number of aliphatic hydroxyl groups is 2. The highest BCUT2D eigenvalue weighted by Crippen LogP contribution is 2.40. The Balaban J connectivity index is 2.20. The standard InChI is InChI=1S/C17H20N2O7S/c1-11-8-19(16(23)18-15(11)22)17(7-13(21)14(9-20)26-17)27(24,25)10-12-5-3-2-4-6-12/h2-6,8,13-14,20-21H,7,9-10H2,1H3,(H,18,22,23)/t13-,14+,17-/m0/s1. The number of hydrogen-bond donors (Lipinski definition) is 3. The van der Waals surface area contributed by atoms with Crippen molar-refractivity contribution in [1.82, 2.24) is 9.55 Å². The molecule has 0 amide bonds. The molecule has 27 heavy (non-hydrogen) atoms. The maximum Gasteiger partial charge on any atom is 0.331 e. The summed E-state index contributed by atoms with van der Waals surface area (Å²) in [5.41, 5.74) is -1.05. The molecule has 0 bridgehead atoms. The smallest absolute Gasteiger partial charge is 0.331 e. The summed E-state index contributed by atoms with van der Waals surface area (Å²) in [6.45, 7) is 0.794. The lowest BCUT2D eigenvalue weighted by molar-refractivity contribution is -0.0698. The Morgan fingerprint density at radius 2 is 1.96 bits per heavy atom. The maximum absolute atomic E-state index is 13.3. The van der Waals surface area contributed by atoms with E-state index in [0.717, 1.165) is 10.8 Å². The van der Waals surface area contributed by atoms with E-state index in [4.69, 9.17) is 4.74 Å². The molecule has 9 nitrogen and oxygen atoms in total. The number of aromatic nitrogens is 2. The molecule has 0 aliphatic carbocycles. The first-order valence-electron chi connectivity index (χ1n) is 8.26. The molecule has 10 heteroatoms. The highest BCUT2D eigenvalue weighted by Gasteiger charge is 2.56. The monoisotopic (exact) mass is 396 g/mol. The molecule has 1 aliphatic rings. The quantitative estimate of drug-likeness (QED) is 0.602. The van der Waals surface area contributed by atoms with Gasteiger partial charge < -0.3 is 14.9 Å². The number of hydrogen-bond acceptors (Lipinski definition) is 7. The van der Waals surface area contributed by atoms with Crippen molar-refractivity contribution in [1.29, 1.82) is 0 Å². The van der Waals surface area contributed by atoms with Gasteiger partial charge in [-0.2, -0.15) is 0 Å². The van der Waals surface area contributed by atoms with E-state index in [1.807, 2.05) is 0 Å². The normalized spacial score (nSPS) is 25.6. The van der Waals surface area contributed by atoms with E-state index < -0.39 is 57.1 Å². The van der Waals surface area contributed by atoms with Crippen molar-refractivity contribution in [2.45, 2.75) is 36.4 Å². The van der Waals surface area contributed by atoms with Crippen LogP contribution in [0.3, 0.4) is 0 Å². The maximum atomic E-state index is 13.3. The summed E-state index contributed by atoms with van der Waals surface area (Å²) in [4.78, 5) is 26.1. The fourth-order valence-electron chi connectivity index (χ4n) is 3.15. The van der Waals surface area contributed by atoms with Gasteiger partial charge in [0, 0.05) is 18.2 Å². The van der Waals surface area contributed by atoms with Crippen LogP contribution in [0.15, 0.2) is 46.1 Å². The van der Waals surface area contributed by atoms with E-state index in [2.05, 4.69) is 4.98 Å². The van der Waals surface area contributed by atoms with Crippen LogP contribution in [0.4, 0.5) is 0 Å². The van der Waals surface area contributed by atoms with Gasteiger partial charge in [0.25, 0.3) is 10.6 Å². The van der Waals surface area contributed by atoms with Gasteiger partial charge in [0.15, 0.2) is 0 Å². The number of benzene rings is 1. The minimum atomic E-state index is -4.21. The van der Waals surface area contributed by atoms with Crippen LogP contribution in [0.1, 0.15) is 17.5 Å². The molecule has 1 aromatic carbocycles. The van der Waals surface area contributed by atoms with Crippen molar-refractivity contribution < 1.29 is 23.4 Å². The van der Waals surface area contributed by atoms with Crippen molar-refractivity contribution in [2.75, 3.05) is 6.61 Å². The second-order valence-corrected chi connectivity index (χ2v) is 8.67. The second-order valence-electron chi connectivity index (χ2n) is 6.51. The average molecular weight is 396 g/mol. The van der Waals surface area contributed by atoms with Gasteiger partial charge in [-0.1, -0.05) is 30.3 Å². The summed E-state index contributed by atoms with van der Waals surface area (Å²) >= 11 is 0. The predicted octanol–water partition coefficient (Wildman–Crippen LogP) is -0.788. The van der Waals surface area contributed by atoms with Gasteiger partial charge in [-0.05, 0) is 12.5 Å². The third kappa shape index (κ3) is 3.36. The predicted molar refractivity (Wildman–Crippen MR) is 95.7 cm³/mol. The number of sulfone groups is 1. The number of rotatable bonds is 5. The molecule has 3 N–H and O–H groups in total. The Morgan fingerprint density at radius 3 is 2.56 bits per heavy atom. The second kappa shape index (κ2) is 7.04. The third-order valence-corrected chi connectivity index (χ3v) is 6.73. The highest BCUT2D eigenvalue weighted by atomic mass is 32.2. The number of nitrogens with zero attached hydrogens (tertiary/aromatic N) is 1. The van der Waals surface area contributed by atoms with Crippen LogP contribution >= 0.6 is 0 Å². The molecule has 1 fully saturated rings. The van der Waals surface area contributed by atoms with Gasteiger partial charge in [0.2, 0.25) is 9.84 Å². The van der Waals surface area contributed by atoms with Gasteiger partial charge in [-0.25, -0.2) is 13.2 Å². The lowest BCUT2D eigenvalue weighted by Crippen LogP contribution is -2.50. The average Bonchev–Trinajstić information content (AvgIpc) is 2.97. The van der Waals surface area contributed by atoms with Crippen LogP contribution in [0, 0.1) is 6.92 Å². The van der Waals surface area contributed by atoms with Crippen LogP contribution in [0.25, 0.3) is 0 Å². The first-order chi connectivity index (χ1) is 12.7. The minimum absolute atomic E-state index is 0.106. The zero-order valence-corrected chi connectivity index (χ0v) is 15.3. The molecule has 0 spiro atoms. The molecule has 0 unspecified atom stereocenters. The fourth-order valence-corrected chi connectivity index (χ4v) is 5.14. The van der Waals surface area contributed by atoms with Crippen molar-refractivity contribution in [3.8, 4) is 0 Å². The molecule has 2 aromatic rings. The summed E-state index contributed by atoms with van der Waals surface area (Å²) in [6.07, 6.45) is -1.86. The van der Waals surface area contributed by atoms with Gasteiger partial charge in [-0.3, -0.25) is 14.3 Å². The van der Waals surface area contributed by atoms with Crippen molar-refractivity contribution in [3.05, 3.63) is 68.5 Å². The first kappa shape index (κ1) is 19.5. The molecule has 0 radical (unpaired) electrons. The molecule has 1 saturated heterocycles. The molecule has 3 rings (SSSR count). The van der Waals surface area contributed by atoms with Crippen LogP contribution in [-0.2, 0) is 25.4 Å². The number of aromatic amines is 1. The molecule has 146 valence electrons. The van der Waals surface area contributed by atoms with Gasteiger partial charge in [0.05, 0.1) is 18.5 Å². The Kier molecular flexibility index (Phi) is 5.08. The Morgan fingerprint density at radius 1 is 1.30 bits per heavy atom. The summed E-state index contributed by atoms with van der Waals surface area (Å²) in [5, 5.41) is 17.4. The molecule has 0 saturated carbocycles. The Labute approximate surface area is 154 Å². The van der Waals surface area contributed by atoms with E-state index in [1.165, 1.54) is 6.92 Å². The largest absolute Gasteiger partial charge is 0.394 e. The van der Waals surface area contributed by atoms with Gasteiger partial charge in [0.1, 0.15) is 6.10 Å². The Bertz CT molecular complexity index is 1040. The summed E-state index contributed by atoms with van der Waals surface area (Å²) < 4.78 is 33.0. The SMILES string of the molecule is Cc1cn([C@@]2(S(=O)(=O)Cc3ccccc3)C[C@H](O)[C@@H](CO)O2)c(=O)[nH]c1=O. The fraction of sp³-hybridized carbons (Fsp3) is 0.412. The first-order valence-corrected chi connectivity index (χ1v) is 9.91. The number of nitrogens with one attached hydrogen (secondary N) is 1. The summed E-state index contributed by atoms with van der Waals surface area (Å²) in [6, 6.07) is 8.31. The molecule has 1 aliphatic heterocycles. The minimum Gasteiger partial charge on any atom is -0.394 e. The van der Waals surface area contributed by atoms with Crippen LogP contribution in [0.2, 0.25) is 0 Å². The number of aryl methyl sites for hydroxylation is 1. The summed E-state index contributed by atoms with van der Waals surface area (Å²) in [5.74, 6) is -0.455. The van der Waals surface area contributed by atoms with E-state index in [1.54, 1.807) is 30.3 Å². The Hall–Kier alpha value is -2.27. The summed E-state index contributed by atoms with van der Waals surface area (Å²) in [7, 11) is -4.21. The van der Waals surface area contributed by atoms with E-state index in [0.29, 0.717) is 5.56 Å². The number of H-pyrrole nitrogens is 1. The van der Waals surface area contributed by atoms with Gasteiger partial charge >= 0.3 is 5.69 Å². The molecular formula is C17H20N2O7S. The molecule has 3 atom stereocenters. The third-order valence-electron chi connectivity index (χ3n) is 4.58. The van der Waals surface area contributed by atoms with Crippen molar-refractivity contribution in [2.24, 2.45) is 0 Å². The van der Waals surface area contributed by atoms with Crippen molar-refractivity contribution >= 4 is 9.84 Å². The van der Waals surface area contributed by atoms with Crippen LogP contribution in [0.5, 0.6) is 0 Å². The molecule has 1 aromatic heterocycles.